The van der Waals surface area contributed by atoms with Crippen LogP contribution < -0.4 is 9.46 Å². The molecule has 1 unspecified atom stereocenters. The van der Waals surface area contributed by atoms with Crippen molar-refractivity contribution in [2.24, 2.45) is 0 Å². The van der Waals surface area contributed by atoms with E-state index in [1.54, 1.807) is 18.2 Å². The molecular formula is C28H37N3O4S. The van der Waals surface area contributed by atoms with Crippen LogP contribution in [-0.4, -0.2) is 56.5 Å². The maximum atomic E-state index is 11.6. The number of ether oxygens (including phenoxy) is 2. The average molecular weight is 512 g/mol. The fourth-order valence-corrected chi connectivity index (χ4v) is 5.16. The number of sulfonamides is 1. The van der Waals surface area contributed by atoms with Gasteiger partial charge in [0, 0.05) is 44.1 Å². The van der Waals surface area contributed by atoms with E-state index < -0.39 is 10.0 Å². The first-order chi connectivity index (χ1) is 17.4. The number of para-hydroxylation sites is 2. The molecule has 1 aliphatic heterocycles. The van der Waals surface area contributed by atoms with E-state index in [1.165, 1.54) is 11.1 Å². The van der Waals surface area contributed by atoms with E-state index in [2.05, 4.69) is 63.8 Å². The third-order valence-corrected chi connectivity index (χ3v) is 7.06. The van der Waals surface area contributed by atoms with Crippen molar-refractivity contribution in [3.63, 3.8) is 0 Å². The molecule has 4 rings (SSSR count). The third-order valence-electron chi connectivity index (χ3n) is 6.47. The van der Waals surface area contributed by atoms with E-state index in [-0.39, 0.29) is 12.2 Å². The summed E-state index contributed by atoms with van der Waals surface area (Å²) < 4.78 is 40.4. The van der Waals surface area contributed by atoms with Gasteiger partial charge in [-0.25, -0.2) is 8.42 Å². The number of aryl methyl sites for hydroxylation is 1. The monoisotopic (exact) mass is 511 g/mol. The fourth-order valence-electron chi connectivity index (χ4n) is 4.60. The number of hydrogen-bond donors (Lipinski definition) is 1. The molecule has 2 heterocycles. The Kier molecular flexibility index (Phi) is 9.07. The quantitative estimate of drug-likeness (QED) is 0.350. The van der Waals surface area contributed by atoms with Crippen LogP contribution in [0, 0.1) is 0 Å². The van der Waals surface area contributed by atoms with Gasteiger partial charge in [-0.2, -0.15) is 0 Å². The summed E-state index contributed by atoms with van der Waals surface area (Å²) in [6.45, 7) is 6.56. The highest BCUT2D eigenvalue weighted by atomic mass is 32.2. The summed E-state index contributed by atoms with van der Waals surface area (Å²) in [5.41, 5.74) is 2.87. The molecule has 0 amide bonds. The van der Waals surface area contributed by atoms with Crippen molar-refractivity contribution in [2.75, 3.05) is 37.2 Å². The Morgan fingerprint density at radius 3 is 2.42 bits per heavy atom. The Hall–Kier alpha value is -2.81. The molecule has 1 atom stereocenters. The van der Waals surface area contributed by atoms with Gasteiger partial charge >= 0.3 is 0 Å². The first-order valence-corrected chi connectivity index (χ1v) is 14.6. The van der Waals surface area contributed by atoms with Gasteiger partial charge in [-0.1, -0.05) is 42.5 Å². The number of nitrogens with zero attached hydrogens (tertiary/aromatic N) is 2. The summed E-state index contributed by atoms with van der Waals surface area (Å²) in [5, 5.41) is 0. The number of piperidine rings is 1. The number of likely N-dealkylation sites (tertiary alicyclic amines) is 1. The maximum Gasteiger partial charge on any atom is 0.229 e. The number of hydrogen-bond acceptors (Lipinski definition) is 5. The topological polar surface area (TPSA) is 72.8 Å². The Morgan fingerprint density at radius 1 is 1.00 bits per heavy atom. The molecule has 0 radical (unpaired) electrons. The zero-order valence-electron chi connectivity index (χ0n) is 21.2. The second kappa shape index (κ2) is 12.4. The number of aromatic nitrogens is 1. The Labute approximate surface area is 215 Å². The van der Waals surface area contributed by atoms with Gasteiger partial charge in [-0.05, 0) is 49.9 Å². The minimum atomic E-state index is -3.35. The van der Waals surface area contributed by atoms with Crippen LogP contribution in [0.5, 0.6) is 5.75 Å². The highest BCUT2D eigenvalue weighted by Crippen LogP contribution is 2.30. The minimum absolute atomic E-state index is 0.0513. The Bertz CT molecular complexity index is 1190. The molecule has 1 aliphatic rings. The lowest BCUT2D eigenvalue weighted by atomic mass is 10.0. The van der Waals surface area contributed by atoms with Crippen molar-refractivity contribution >= 4 is 15.7 Å². The molecule has 1 saturated heterocycles. The summed E-state index contributed by atoms with van der Waals surface area (Å²) in [6, 6.07) is 19.8. The van der Waals surface area contributed by atoms with E-state index in [9.17, 15) is 8.42 Å². The third kappa shape index (κ3) is 7.59. The molecule has 8 heteroatoms. The van der Waals surface area contributed by atoms with Crippen molar-refractivity contribution in [2.45, 2.75) is 44.9 Å². The zero-order chi connectivity index (χ0) is 25.4. The minimum Gasteiger partial charge on any atom is -0.491 e. The van der Waals surface area contributed by atoms with Crippen molar-refractivity contribution in [1.29, 1.82) is 0 Å². The fraction of sp³-hybridized carbons (Fsp3) is 0.429. The molecule has 7 nitrogen and oxygen atoms in total. The van der Waals surface area contributed by atoms with Gasteiger partial charge in [0.05, 0.1) is 24.7 Å². The van der Waals surface area contributed by atoms with Crippen LogP contribution in [0.2, 0.25) is 0 Å². The van der Waals surface area contributed by atoms with Gasteiger partial charge in [0.2, 0.25) is 10.0 Å². The lowest BCUT2D eigenvalue weighted by molar-refractivity contribution is -0.0273. The second-order valence-electron chi connectivity index (χ2n) is 9.32. The van der Waals surface area contributed by atoms with Crippen LogP contribution in [0.3, 0.4) is 0 Å². The molecule has 1 fully saturated rings. The lowest BCUT2D eigenvalue weighted by Gasteiger charge is -2.34. The van der Waals surface area contributed by atoms with E-state index in [0.29, 0.717) is 18.0 Å². The van der Waals surface area contributed by atoms with Crippen molar-refractivity contribution in [3.05, 3.63) is 84.2 Å². The van der Waals surface area contributed by atoms with Crippen LogP contribution in [0.4, 0.5) is 5.69 Å². The number of rotatable bonds is 12. The number of benzene rings is 2. The summed E-state index contributed by atoms with van der Waals surface area (Å²) in [5.74, 6) is 0.555. The number of nitrogens with one attached hydrogen (secondary N) is 1. The first kappa shape index (κ1) is 26.3. The van der Waals surface area contributed by atoms with E-state index in [0.717, 1.165) is 51.7 Å². The van der Waals surface area contributed by atoms with E-state index >= 15 is 0 Å². The molecular weight excluding hydrogens is 474 g/mol. The van der Waals surface area contributed by atoms with E-state index in [4.69, 9.17) is 9.47 Å². The van der Waals surface area contributed by atoms with Crippen LogP contribution in [-0.2, 0) is 21.3 Å². The number of anilines is 1. The predicted octanol–water partition coefficient (Wildman–Crippen LogP) is 4.92. The Balaban J connectivity index is 1.24. The smallest absolute Gasteiger partial charge is 0.229 e. The maximum absolute atomic E-state index is 11.6. The van der Waals surface area contributed by atoms with Crippen molar-refractivity contribution in [3.8, 4) is 5.75 Å². The molecule has 0 bridgehead atoms. The summed E-state index contributed by atoms with van der Waals surface area (Å²) in [6.07, 6.45) is 8.49. The summed E-state index contributed by atoms with van der Waals surface area (Å²) >= 11 is 0. The summed E-state index contributed by atoms with van der Waals surface area (Å²) in [7, 11) is -3.35. The lowest BCUT2D eigenvalue weighted by Crippen LogP contribution is -2.38. The first-order valence-electron chi connectivity index (χ1n) is 12.7. The molecule has 0 aliphatic carbocycles. The van der Waals surface area contributed by atoms with Crippen molar-refractivity contribution in [1.82, 2.24) is 9.47 Å². The molecule has 1 N–H and O–H groups in total. The van der Waals surface area contributed by atoms with E-state index in [1.807, 2.05) is 12.1 Å². The Morgan fingerprint density at radius 2 is 1.72 bits per heavy atom. The van der Waals surface area contributed by atoms with Crippen LogP contribution >= 0.6 is 0 Å². The molecule has 1 aromatic heterocycles. The summed E-state index contributed by atoms with van der Waals surface area (Å²) in [4.78, 5) is 2.45. The average Bonchev–Trinajstić information content (AvgIpc) is 3.35. The van der Waals surface area contributed by atoms with Crippen LogP contribution in [0.15, 0.2) is 73.1 Å². The highest BCUT2D eigenvalue weighted by molar-refractivity contribution is 7.92. The SMILES string of the molecule is CCn1ccc(C(OC2CCN(CCCOc3ccccc3NS(C)(=O)=O)CC2)c2ccccc2)c1. The second-order valence-corrected chi connectivity index (χ2v) is 11.1. The van der Waals surface area contributed by atoms with Crippen molar-refractivity contribution < 1.29 is 17.9 Å². The zero-order valence-corrected chi connectivity index (χ0v) is 22.0. The molecule has 0 saturated carbocycles. The largest absolute Gasteiger partial charge is 0.491 e. The molecule has 3 aromatic rings. The van der Waals surface area contributed by atoms with Gasteiger partial charge in [-0.3, -0.25) is 4.72 Å². The van der Waals surface area contributed by atoms with Gasteiger partial charge in [0.1, 0.15) is 11.9 Å². The molecule has 36 heavy (non-hydrogen) atoms. The standard InChI is InChI=1S/C28H37N3O4S/c1-3-30-18-14-24(22-30)28(23-10-5-4-6-11-23)35-25-15-19-31(20-16-25)17-9-21-34-27-13-8-7-12-26(27)29-36(2,32)33/h4-8,10-14,18,22,25,28-29H,3,9,15-17,19-21H2,1-2H3. The van der Waals surface area contributed by atoms with Gasteiger partial charge in [-0.15, -0.1) is 0 Å². The van der Waals surface area contributed by atoms with Gasteiger partial charge < -0.3 is 18.9 Å². The highest BCUT2D eigenvalue weighted by Gasteiger charge is 2.25. The molecule has 0 spiro atoms. The molecule has 194 valence electrons. The predicted molar refractivity (Wildman–Crippen MR) is 144 cm³/mol. The molecule has 2 aromatic carbocycles. The van der Waals surface area contributed by atoms with Crippen LogP contribution in [0.25, 0.3) is 0 Å². The van der Waals surface area contributed by atoms with Gasteiger partial charge in [0.25, 0.3) is 0 Å². The normalized spacial score (nSPS) is 16.1. The van der Waals surface area contributed by atoms with Gasteiger partial charge in [0.15, 0.2) is 0 Å². The van der Waals surface area contributed by atoms with Crippen LogP contribution in [0.1, 0.15) is 43.4 Å².